The highest BCUT2D eigenvalue weighted by Crippen LogP contribution is 2.31. The van der Waals surface area contributed by atoms with Crippen LogP contribution in [-0.2, 0) is 4.74 Å². The number of anilines is 2. The third-order valence-electron chi connectivity index (χ3n) is 3.37. The molecule has 94 valence electrons. The molecule has 1 aromatic rings. The highest BCUT2D eigenvalue weighted by Gasteiger charge is 2.21. The predicted octanol–water partition coefficient (Wildman–Crippen LogP) is 2.85. The SMILES string of the molecule is COC1CCCN(c2cc(Cl)c(N)cc2C)C1. The third-order valence-corrected chi connectivity index (χ3v) is 3.69. The van der Waals surface area contributed by atoms with Gasteiger partial charge in [0, 0.05) is 25.9 Å². The summed E-state index contributed by atoms with van der Waals surface area (Å²) in [7, 11) is 1.77. The zero-order chi connectivity index (χ0) is 12.4. The van der Waals surface area contributed by atoms with Crippen LogP contribution in [0.25, 0.3) is 0 Å². The van der Waals surface area contributed by atoms with Gasteiger partial charge < -0.3 is 15.4 Å². The first-order valence-corrected chi connectivity index (χ1v) is 6.33. The number of benzene rings is 1. The van der Waals surface area contributed by atoms with Gasteiger partial charge in [-0.05, 0) is 37.5 Å². The van der Waals surface area contributed by atoms with Crippen LogP contribution in [0.4, 0.5) is 11.4 Å². The van der Waals surface area contributed by atoms with E-state index in [0.29, 0.717) is 16.8 Å². The van der Waals surface area contributed by atoms with Crippen molar-refractivity contribution in [1.29, 1.82) is 0 Å². The molecular formula is C13H19ClN2O. The Morgan fingerprint density at radius 3 is 2.94 bits per heavy atom. The number of hydrogen-bond acceptors (Lipinski definition) is 3. The molecule has 1 aromatic carbocycles. The Morgan fingerprint density at radius 1 is 1.47 bits per heavy atom. The van der Waals surface area contributed by atoms with E-state index in [9.17, 15) is 0 Å². The molecule has 1 aliphatic rings. The van der Waals surface area contributed by atoms with E-state index < -0.39 is 0 Å². The standard InChI is InChI=1S/C13H19ClN2O/c1-9-6-12(15)11(14)7-13(9)16-5-3-4-10(8-16)17-2/h6-7,10H,3-5,8,15H2,1-2H3. The number of nitrogens with two attached hydrogens (primary N) is 1. The minimum absolute atomic E-state index is 0.319. The van der Waals surface area contributed by atoms with Crippen LogP contribution in [0, 0.1) is 6.92 Å². The Bertz CT molecular complexity index is 409. The topological polar surface area (TPSA) is 38.5 Å². The number of rotatable bonds is 2. The molecule has 0 radical (unpaired) electrons. The Labute approximate surface area is 107 Å². The van der Waals surface area contributed by atoms with E-state index in [-0.39, 0.29) is 0 Å². The second kappa shape index (κ2) is 5.15. The summed E-state index contributed by atoms with van der Waals surface area (Å²) in [4.78, 5) is 2.33. The highest BCUT2D eigenvalue weighted by atomic mass is 35.5. The molecular weight excluding hydrogens is 236 g/mol. The molecule has 1 fully saturated rings. The number of nitrogens with zero attached hydrogens (tertiary/aromatic N) is 1. The molecule has 0 aliphatic carbocycles. The van der Waals surface area contributed by atoms with E-state index in [1.165, 1.54) is 11.3 Å². The predicted molar refractivity (Wildman–Crippen MR) is 72.8 cm³/mol. The zero-order valence-corrected chi connectivity index (χ0v) is 11.1. The summed E-state index contributed by atoms with van der Waals surface area (Å²) in [5.74, 6) is 0. The summed E-state index contributed by atoms with van der Waals surface area (Å²) in [6.45, 7) is 4.05. The van der Waals surface area contributed by atoms with Gasteiger partial charge in [-0.25, -0.2) is 0 Å². The summed E-state index contributed by atoms with van der Waals surface area (Å²) >= 11 is 6.09. The number of halogens is 1. The first kappa shape index (κ1) is 12.5. The lowest BCUT2D eigenvalue weighted by Gasteiger charge is -2.34. The zero-order valence-electron chi connectivity index (χ0n) is 10.4. The average Bonchev–Trinajstić information content (AvgIpc) is 2.34. The van der Waals surface area contributed by atoms with Gasteiger partial charge >= 0.3 is 0 Å². The maximum absolute atomic E-state index is 6.09. The van der Waals surface area contributed by atoms with Gasteiger partial charge in [-0.15, -0.1) is 0 Å². The fourth-order valence-electron chi connectivity index (χ4n) is 2.38. The van der Waals surface area contributed by atoms with Crippen molar-refractivity contribution >= 4 is 23.0 Å². The van der Waals surface area contributed by atoms with Crippen molar-refractivity contribution in [3.05, 3.63) is 22.7 Å². The van der Waals surface area contributed by atoms with Crippen molar-refractivity contribution in [3.63, 3.8) is 0 Å². The molecule has 1 aliphatic heterocycles. The normalized spacial score (nSPS) is 20.6. The van der Waals surface area contributed by atoms with Crippen LogP contribution < -0.4 is 10.6 Å². The Hall–Kier alpha value is -0.930. The quantitative estimate of drug-likeness (QED) is 0.825. The van der Waals surface area contributed by atoms with E-state index in [0.717, 1.165) is 25.9 Å². The number of aryl methyl sites for hydroxylation is 1. The van der Waals surface area contributed by atoms with Gasteiger partial charge in [0.25, 0.3) is 0 Å². The van der Waals surface area contributed by atoms with E-state index in [1.807, 2.05) is 12.1 Å². The van der Waals surface area contributed by atoms with Crippen LogP contribution in [-0.4, -0.2) is 26.3 Å². The number of methoxy groups -OCH3 is 1. The van der Waals surface area contributed by atoms with E-state index in [2.05, 4.69) is 11.8 Å². The van der Waals surface area contributed by atoms with E-state index >= 15 is 0 Å². The van der Waals surface area contributed by atoms with Crippen molar-refractivity contribution in [2.75, 3.05) is 30.8 Å². The molecule has 0 aromatic heterocycles. The molecule has 1 saturated heterocycles. The van der Waals surface area contributed by atoms with E-state index in [1.54, 1.807) is 7.11 Å². The maximum Gasteiger partial charge on any atom is 0.0746 e. The fraction of sp³-hybridized carbons (Fsp3) is 0.538. The minimum Gasteiger partial charge on any atom is -0.398 e. The summed E-state index contributed by atoms with van der Waals surface area (Å²) in [6.07, 6.45) is 2.61. The second-order valence-electron chi connectivity index (χ2n) is 4.61. The third kappa shape index (κ3) is 2.67. The van der Waals surface area contributed by atoms with Crippen LogP contribution in [0.3, 0.4) is 0 Å². The van der Waals surface area contributed by atoms with Crippen molar-refractivity contribution in [2.45, 2.75) is 25.9 Å². The molecule has 17 heavy (non-hydrogen) atoms. The van der Waals surface area contributed by atoms with Gasteiger partial charge in [-0.3, -0.25) is 0 Å². The molecule has 0 bridgehead atoms. The van der Waals surface area contributed by atoms with Gasteiger partial charge in [0.15, 0.2) is 0 Å². The minimum atomic E-state index is 0.319. The van der Waals surface area contributed by atoms with Gasteiger partial charge in [0.1, 0.15) is 0 Å². The molecule has 3 nitrogen and oxygen atoms in total. The monoisotopic (exact) mass is 254 g/mol. The largest absolute Gasteiger partial charge is 0.398 e. The van der Waals surface area contributed by atoms with Crippen LogP contribution in [0.2, 0.25) is 5.02 Å². The van der Waals surface area contributed by atoms with Crippen LogP contribution in [0.15, 0.2) is 12.1 Å². The molecule has 0 saturated carbocycles. The fourth-order valence-corrected chi connectivity index (χ4v) is 2.54. The molecule has 2 rings (SSSR count). The molecule has 2 N–H and O–H groups in total. The first-order chi connectivity index (χ1) is 8.11. The Morgan fingerprint density at radius 2 is 2.24 bits per heavy atom. The molecule has 1 atom stereocenters. The van der Waals surface area contributed by atoms with E-state index in [4.69, 9.17) is 22.1 Å². The smallest absolute Gasteiger partial charge is 0.0746 e. The van der Waals surface area contributed by atoms with Gasteiger partial charge in [-0.1, -0.05) is 11.6 Å². The summed E-state index contributed by atoms with van der Waals surface area (Å²) in [6, 6.07) is 3.90. The lowest BCUT2D eigenvalue weighted by molar-refractivity contribution is 0.0893. The van der Waals surface area contributed by atoms with Gasteiger partial charge in [0.2, 0.25) is 0 Å². The number of nitrogen functional groups attached to an aromatic ring is 1. The molecule has 0 amide bonds. The van der Waals surface area contributed by atoms with Gasteiger partial charge in [-0.2, -0.15) is 0 Å². The summed E-state index contributed by atoms with van der Waals surface area (Å²) in [5, 5.41) is 0.630. The first-order valence-electron chi connectivity index (χ1n) is 5.95. The highest BCUT2D eigenvalue weighted by molar-refractivity contribution is 6.33. The number of piperidine rings is 1. The van der Waals surface area contributed by atoms with Crippen LogP contribution >= 0.6 is 11.6 Å². The number of ether oxygens (including phenoxy) is 1. The molecule has 4 heteroatoms. The van der Waals surface area contributed by atoms with Crippen molar-refractivity contribution in [1.82, 2.24) is 0 Å². The Balaban J connectivity index is 2.24. The molecule has 0 spiro atoms. The van der Waals surface area contributed by atoms with Crippen LogP contribution in [0.1, 0.15) is 18.4 Å². The number of hydrogen-bond donors (Lipinski definition) is 1. The summed E-state index contributed by atoms with van der Waals surface area (Å²) in [5.41, 5.74) is 8.79. The maximum atomic E-state index is 6.09. The second-order valence-corrected chi connectivity index (χ2v) is 5.01. The van der Waals surface area contributed by atoms with Gasteiger partial charge in [0.05, 0.1) is 16.8 Å². The van der Waals surface area contributed by atoms with Crippen molar-refractivity contribution in [3.8, 4) is 0 Å². The van der Waals surface area contributed by atoms with Crippen molar-refractivity contribution in [2.24, 2.45) is 0 Å². The molecule has 1 heterocycles. The van der Waals surface area contributed by atoms with Crippen LogP contribution in [0.5, 0.6) is 0 Å². The lowest BCUT2D eigenvalue weighted by atomic mass is 10.1. The Kier molecular flexibility index (Phi) is 3.79. The lowest BCUT2D eigenvalue weighted by Crippen LogP contribution is -2.39. The molecule has 1 unspecified atom stereocenters. The average molecular weight is 255 g/mol. The van der Waals surface area contributed by atoms with Crippen molar-refractivity contribution < 1.29 is 4.74 Å². The summed E-state index contributed by atoms with van der Waals surface area (Å²) < 4.78 is 5.44.